The lowest BCUT2D eigenvalue weighted by Gasteiger charge is -2.39. The fourth-order valence-electron chi connectivity index (χ4n) is 4.39. The zero-order valence-corrected chi connectivity index (χ0v) is 18.6. The summed E-state index contributed by atoms with van der Waals surface area (Å²) in [5, 5.41) is 2.68. The summed E-state index contributed by atoms with van der Waals surface area (Å²) in [7, 11) is -1.47. The molecule has 0 bridgehead atoms. The third kappa shape index (κ3) is 5.76. The van der Waals surface area contributed by atoms with Gasteiger partial charge in [-0.2, -0.15) is 0 Å². The highest BCUT2D eigenvalue weighted by molar-refractivity contribution is 7.82. The van der Waals surface area contributed by atoms with Gasteiger partial charge in [0.15, 0.2) is 5.78 Å². The van der Waals surface area contributed by atoms with Gasteiger partial charge in [-0.1, -0.05) is 32.1 Å². The molecule has 1 saturated heterocycles. The topological polar surface area (TPSA) is 86.8 Å². The Morgan fingerprint density at radius 1 is 1.10 bits per heavy atom. The van der Waals surface area contributed by atoms with Gasteiger partial charge >= 0.3 is 0 Å². The first-order valence-electron chi connectivity index (χ1n) is 10.7. The smallest absolute Gasteiger partial charge is 0.238 e. The Balaban J connectivity index is 1.61. The molecule has 8 heteroatoms. The lowest BCUT2D eigenvalue weighted by atomic mass is 9.83. The van der Waals surface area contributed by atoms with Gasteiger partial charge in [-0.25, -0.2) is 8.51 Å². The quantitative estimate of drug-likeness (QED) is 0.716. The molecule has 0 radical (unpaired) electrons. The molecular weight excluding hydrogens is 402 g/mol. The number of benzene rings is 1. The van der Waals surface area contributed by atoms with Gasteiger partial charge in [-0.3, -0.25) is 14.4 Å². The summed E-state index contributed by atoms with van der Waals surface area (Å²) in [5.74, 6) is 0.242. The number of ketones is 1. The molecule has 1 aromatic rings. The second-order valence-electron chi connectivity index (χ2n) is 8.27. The van der Waals surface area contributed by atoms with Crippen LogP contribution in [0.1, 0.15) is 52.4 Å². The van der Waals surface area contributed by atoms with Crippen molar-refractivity contribution in [3.8, 4) is 0 Å². The van der Waals surface area contributed by atoms with Gasteiger partial charge in [0.25, 0.3) is 0 Å². The summed E-state index contributed by atoms with van der Waals surface area (Å²) in [6.45, 7) is 3.90. The summed E-state index contributed by atoms with van der Waals surface area (Å²) in [6.07, 6.45) is 6.69. The number of hydrogen-bond donors (Lipinski definition) is 1. The molecule has 1 aliphatic carbocycles. The number of carbonyl (C=O) groups excluding carboxylic acids is 3. The molecule has 1 saturated carbocycles. The number of carbonyl (C=O) groups is 3. The van der Waals surface area contributed by atoms with Crippen LogP contribution in [0.2, 0.25) is 0 Å². The van der Waals surface area contributed by atoms with Gasteiger partial charge in [0.1, 0.15) is 11.0 Å². The second-order valence-corrected chi connectivity index (χ2v) is 9.76. The Morgan fingerprint density at radius 2 is 1.77 bits per heavy atom. The molecule has 2 aliphatic rings. The summed E-state index contributed by atoms with van der Waals surface area (Å²) in [4.78, 5) is 38.6. The minimum atomic E-state index is -1.47. The average molecular weight is 434 g/mol. The van der Waals surface area contributed by atoms with E-state index in [2.05, 4.69) is 5.32 Å². The number of nitrogens with zero attached hydrogens (tertiary/aromatic N) is 2. The molecule has 164 valence electrons. The molecule has 2 amide bonds. The van der Waals surface area contributed by atoms with Crippen LogP contribution in [0.25, 0.3) is 0 Å². The van der Waals surface area contributed by atoms with Crippen LogP contribution in [0.3, 0.4) is 0 Å². The van der Waals surface area contributed by atoms with Crippen molar-refractivity contribution in [1.82, 2.24) is 9.21 Å². The number of nitrogens with one attached hydrogen (secondary N) is 1. The van der Waals surface area contributed by atoms with Crippen LogP contribution in [0, 0.1) is 5.92 Å². The van der Waals surface area contributed by atoms with Crippen molar-refractivity contribution in [3.05, 3.63) is 24.3 Å². The number of Topliss-reactive ketones (excluding diaryl/α,β-unsaturated/α-hetero) is 1. The van der Waals surface area contributed by atoms with E-state index in [0.717, 1.165) is 19.3 Å². The molecule has 1 heterocycles. The SMILES string of the molecule is CC(=O)Nc1ccc(S(=O)N2CCN(C(CC3CCCCC3)C(C)=O)C(=O)C2)cc1. The molecule has 0 aromatic heterocycles. The summed E-state index contributed by atoms with van der Waals surface area (Å²) in [5.41, 5.74) is 0.635. The van der Waals surface area contributed by atoms with Crippen LogP contribution in [0.15, 0.2) is 29.2 Å². The van der Waals surface area contributed by atoms with E-state index in [1.165, 1.54) is 26.2 Å². The normalized spacial score (nSPS) is 20.6. The van der Waals surface area contributed by atoms with Crippen LogP contribution in [0.5, 0.6) is 0 Å². The molecule has 7 nitrogen and oxygen atoms in total. The molecule has 2 unspecified atom stereocenters. The maximum atomic E-state index is 12.9. The minimum Gasteiger partial charge on any atom is -0.330 e. The molecule has 0 spiro atoms. The highest BCUT2D eigenvalue weighted by Crippen LogP contribution is 2.29. The van der Waals surface area contributed by atoms with Gasteiger partial charge in [0.05, 0.1) is 17.5 Å². The predicted molar refractivity (Wildman–Crippen MR) is 116 cm³/mol. The van der Waals surface area contributed by atoms with E-state index in [9.17, 15) is 18.6 Å². The van der Waals surface area contributed by atoms with Gasteiger partial charge in [0.2, 0.25) is 11.8 Å². The zero-order valence-electron chi connectivity index (χ0n) is 17.8. The summed E-state index contributed by atoms with van der Waals surface area (Å²) in [6, 6.07) is 6.41. The van der Waals surface area contributed by atoms with Crippen LogP contribution in [0.4, 0.5) is 5.69 Å². The van der Waals surface area contributed by atoms with Crippen molar-refractivity contribution >= 4 is 34.3 Å². The Hall–Kier alpha value is -2.06. The highest BCUT2D eigenvalue weighted by Gasteiger charge is 2.35. The van der Waals surface area contributed by atoms with Crippen molar-refractivity contribution in [1.29, 1.82) is 0 Å². The van der Waals surface area contributed by atoms with E-state index in [-0.39, 0.29) is 30.2 Å². The van der Waals surface area contributed by atoms with Crippen LogP contribution < -0.4 is 5.32 Å². The Bertz CT molecular complexity index is 805. The maximum absolute atomic E-state index is 12.9. The van der Waals surface area contributed by atoms with Crippen molar-refractivity contribution in [2.45, 2.75) is 63.3 Å². The molecule has 2 atom stereocenters. The zero-order chi connectivity index (χ0) is 21.7. The van der Waals surface area contributed by atoms with Gasteiger partial charge in [-0.05, 0) is 43.5 Å². The van der Waals surface area contributed by atoms with Gasteiger partial charge in [-0.15, -0.1) is 0 Å². The second kappa shape index (κ2) is 10.3. The molecule has 1 aromatic carbocycles. The fourth-order valence-corrected chi connectivity index (χ4v) is 5.54. The highest BCUT2D eigenvalue weighted by atomic mass is 32.2. The third-order valence-corrected chi connectivity index (χ3v) is 7.42. The van der Waals surface area contributed by atoms with Crippen molar-refractivity contribution in [3.63, 3.8) is 0 Å². The van der Waals surface area contributed by atoms with E-state index < -0.39 is 11.0 Å². The van der Waals surface area contributed by atoms with E-state index in [0.29, 0.717) is 29.6 Å². The van der Waals surface area contributed by atoms with E-state index in [1.54, 1.807) is 40.4 Å². The predicted octanol–water partition coefficient (Wildman–Crippen LogP) is 2.74. The fraction of sp³-hybridized carbons (Fsp3) is 0.591. The Labute approximate surface area is 180 Å². The molecular formula is C22H31N3O4S. The number of hydrogen-bond acceptors (Lipinski definition) is 4. The standard InChI is InChI=1S/C22H31N3O4S/c1-16(26)21(14-18-6-4-3-5-7-18)25-13-12-24(15-22(25)28)30(29)20-10-8-19(9-11-20)23-17(2)27/h8-11,18,21H,3-7,12-15H2,1-2H3,(H,23,27). The van der Waals surface area contributed by atoms with Crippen LogP contribution >= 0.6 is 0 Å². The molecule has 2 fully saturated rings. The van der Waals surface area contributed by atoms with Gasteiger partial charge in [0, 0.05) is 25.7 Å². The first kappa shape index (κ1) is 22.6. The lowest BCUT2D eigenvalue weighted by Crippen LogP contribution is -2.56. The molecule has 30 heavy (non-hydrogen) atoms. The largest absolute Gasteiger partial charge is 0.330 e. The monoisotopic (exact) mass is 433 g/mol. The average Bonchev–Trinajstić information content (AvgIpc) is 2.72. The number of anilines is 1. The first-order chi connectivity index (χ1) is 14.3. The van der Waals surface area contributed by atoms with Gasteiger partial charge < -0.3 is 10.2 Å². The van der Waals surface area contributed by atoms with E-state index >= 15 is 0 Å². The number of piperazine rings is 1. The molecule has 1 N–H and O–H groups in total. The lowest BCUT2D eigenvalue weighted by molar-refractivity contribution is -0.142. The molecule has 3 rings (SSSR count). The minimum absolute atomic E-state index is 0.0362. The maximum Gasteiger partial charge on any atom is 0.238 e. The van der Waals surface area contributed by atoms with Crippen molar-refractivity contribution in [2.75, 3.05) is 25.0 Å². The molecule has 1 aliphatic heterocycles. The number of rotatable bonds is 7. The first-order valence-corrected chi connectivity index (χ1v) is 11.8. The van der Waals surface area contributed by atoms with Crippen LogP contribution in [-0.4, -0.2) is 56.7 Å². The van der Waals surface area contributed by atoms with Crippen molar-refractivity contribution < 1.29 is 18.6 Å². The van der Waals surface area contributed by atoms with E-state index in [4.69, 9.17) is 0 Å². The van der Waals surface area contributed by atoms with Crippen LogP contribution in [-0.2, 0) is 25.4 Å². The Morgan fingerprint density at radius 3 is 2.33 bits per heavy atom. The van der Waals surface area contributed by atoms with Crippen molar-refractivity contribution in [2.24, 2.45) is 5.92 Å². The van der Waals surface area contributed by atoms with E-state index in [1.807, 2.05) is 0 Å². The summed E-state index contributed by atoms with van der Waals surface area (Å²) >= 11 is 0. The Kier molecular flexibility index (Phi) is 7.77. The number of amides is 2. The third-order valence-electron chi connectivity index (χ3n) is 5.96. The summed E-state index contributed by atoms with van der Waals surface area (Å²) < 4.78 is 14.6.